The molecule has 0 aliphatic rings. The molecular weight excluding hydrogens is 863 g/mol. The van der Waals surface area contributed by atoms with Gasteiger partial charge in [-0.15, -0.1) is 0 Å². The molecule has 0 amide bonds. The number of nitrogens with zero attached hydrogens (tertiary/aromatic N) is 5. The van der Waals surface area contributed by atoms with E-state index in [2.05, 4.69) is 296 Å². The lowest BCUT2D eigenvalue weighted by Gasteiger charge is -2.28. The van der Waals surface area contributed by atoms with Crippen LogP contribution in [-0.2, 0) is 0 Å². The Bertz CT molecular complexity index is 4210. The average Bonchev–Trinajstić information content (AvgIpc) is 4.08. The number of hydrogen-bond acceptors (Lipinski definition) is 2. The first-order chi connectivity index (χ1) is 35.2. The molecule has 0 bridgehead atoms. The highest BCUT2D eigenvalue weighted by Crippen LogP contribution is 2.44. The maximum atomic E-state index is 2.39. The van der Waals surface area contributed by atoms with Crippen molar-refractivity contribution in [2.75, 3.05) is 9.80 Å². The van der Waals surface area contributed by atoms with E-state index in [1.807, 2.05) is 0 Å². The Hall–Kier alpha value is -9.58. The fourth-order valence-corrected chi connectivity index (χ4v) is 11.1. The molecule has 5 heteroatoms. The van der Waals surface area contributed by atoms with Crippen molar-refractivity contribution in [2.24, 2.45) is 0 Å². The van der Waals surface area contributed by atoms with Gasteiger partial charge in [0.05, 0.1) is 33.1 Å². The van der Waals surface area contributed by atoms with Gasteiger partial charge in [-0.3, -0.25) is 0 Å². The zero-order valence-electron chi connectivity index (χ0n) is 38.7. The van der Waals surface area contributed by atoms with Gasteiger partial charge < -0.3 is 23.5 Å². The van der Waals surface area contributed by atoms with Gasteiger partial charge in [-0.1, -0.05) is 127 Å². The third-order valence-corrected chi connectivity index (χ3v) is 14.2. The van der Waals surface area contributed by atoms with Crippen LogP contribution in [0.3, 0.4) is 0 Å². The van der Waals surface area contributed by atoms with E-state index < -0.39 is 0 Å². The van der Waals surface area contributed by atoms with E-state index in [0.717, 1.165) is 51.2 Å². The summed E-state index contributed by atoms with van der Waals surface area (Å²) in [5.41, 5.74) is 16.9. The molecule has 0 fully saturated rings. The molecule has 5 nitrogen and oxygen atoms in total. The monoisotopic (exact) mass is 907 g/mol. The molecule has 14 aromatic rings. The van der Waals surface area contributed by atoms with Crippen molar-refractivity contribution in [1.82, 2.24) is 13.7 Å². The first-order valence-corrected chi connectivity index (χ1v) is 24.3. The van der Waals surface area contributed by atoms with Gasteiger partial charge in [0.25, 0.3) is 0 Å². The lowest BCUT2D eigenvalue weighted by molar-refractivity contribution is 1.17. The zero-order valence-corrected chi connectivity index (χ0v) is 38.7. The molecule has 334 valence electrons. The Kier molecular flexibility index (Phi) is 9.46. The summed E-state index contributed by atoms with van der Waals surface area (Å²) in [5.74, 6) is 0. The fraction of sp³-hybridized carbons (Fsp3) is 0. The van der Waals surface area contributed by atoms with Crippen LogP contribution in [0.5, 0.6) is 0 Å². The highest BCUT2D eigenvalue weighted by atomic mass is 15.2. The Morgan fingerprint density at radius 3 is 0.817 bits per heavy atom. The average molecular weight is 908 g/mol. The number of benzene rings is 11. The lowest BCUT2D eigenvalue weighted by atomic mass is 10.1. The molecule has 0 spiro atoms. The van der Waals surface area contributed by atoms with E-state index in [4.69, 9.17) is 0 Å². The number of aromatic nitrogens is 3. The van der Waals surface area contributed by atoms with Crippen LogP contribution in [0.15, 0.2) is 273 Å². The summed E-state index contributed by atoms with van der Waals surface area (Å²) >= 11 is 0. The molecule has 0 N–H and O–H groups in total. The molecule has 0 atom stereocenters. The highest BCUT2D eigenvalue weighted by molar-refractivity contribution is 6.12. The lowest BCUT2D eigenvalue weighted by Crippen LogP contribution is -2.12. The summed E-state index contributed by atoms with van der Waals surface area (Å²) in [6.07, 6.45) is 0. The first-order valence-electron chi connectivity index (χ1n) is 24.3. The van der Waals surface area contributed by atoms with Crippen LogP contribution in [-0.4, -0.2) is 13.7 Å². The van der Waals surface area contributed by atoms with Crippen molar-refractivity contribution in [2.45, 2.75) is 0 Å². The topological polar surface area (TPSA) is 21.3 Å². The molecule has 0 unspecified atom stereocenters. The largest absolute Gasteiger partial charge is 0.310 e. The van der Waals surface area contributed by atoms with Crippen LogP contribution in [0, 0.1) is 0 Å². The Morgan fingerprint density at radius 2 is 0.437 bits per heavy atom. The Balaban J connectivity index is 0.921. The Morgan fingerprint density at radius 1 is 0.183 bits per heavy atom. The van der Waals surface area contributed by atoms with Crippen LogP contribution in [0.2, 0.25) is 0 Å². The third-order valence-electron chi connectivity index (χ3n) is 14.2. The van der Waals surface area contributed by atoms with E-state index in [9.17, 15) is 0 Å². The van der Waals surface area contributed by atoms with Gasteiger partial charge in [0.2, 0.25) is 0 Å². The summed E-state index contributed by atoms with van der Waals surface area (Å²) in [6, 6.07) is 98.8. The predicted molar refractivity (Wildman–Crippen MR) is 299 cm³/mol. The minimum atomic E-state index is 1.05. The number of fused-ring (bicyclic) bond motifs is 9. The van der Waals surface area contributed by atoms with Crippen LogP contribution in [0.4, 0.5) is 34.1 Å². The van der Waals surface area contributed by atoms with Crippen molar-refractivity contribution in [1.29, 1.82) is 0 Å². The maximum absolute atomic E-state index is 2.39. The van der Waals surface area contributed by atoms with Gasteiger partial charge in [0, 0.05) is 83.5 Å². The zero-order chi connectivity index (χ0) is 46.8. The molecule has 14 rings (SSSR count). The van der Waals surface area contributed by atoms with Crippen molar-refractivity contribution >= 4 is 99.5 Å². The summed E-state index contributed by atoms with van der Waals surface area (Å²) in [6.45, 7) is 0. The third kappa shape index (κ3) is 6.63. The second-order valence-corrected chi connectivity index (χ2v) is 18.2. The molecular formula is C66H45N5. The quantitative estimate of drug-likeness (QED) is 0.144. The second kappa shape index (κ2) is 16.6. The highest BCUT2D eigenvalue weighted by Gasteiger charge is 2.21. The van der Waals surface area contributed by atoms with Crippen LogP contribution in [0.1, 0.15) is 0 Å². The van der Waals surface area contributed by atoms with Gasteiger partial charge in [-0.05, 0) is 146 Å². The maximum Gasteiger partial charge on any atom is 0.0542 e. The summed E-state index contributed by atoms with van der Waals surface area (Å²) in [4.78, 5) is 4.76. The number of para-hydroxylation sites is 7. The van der Waals surface area contributed by atoms with Gasteiger partial charge >= 0.3 is 0 Å². The molecule has 0 saturated carbocycles. The SMILES string of the molecule is c1ccc(N(c2ccc(N(c3ccc(-n4c5ccccc5c5ccccc54)cc3)c3ccc4c(c3)c3ccccc3n4-c3ccccc3)cc2)c2ccc3c(c2)c2ccccc2n3-c2ccccc2)cc1. The van der Waals surface area contributed by atoms with Gasteiger partial charge in [-0.25, -0.2) is 0 Å². The fourth-order valence-electron chi connectivity index (χ4n) is 11.1. The standard InChI is InChI=1S/C66H45N5/c1-4-18-46(19-5-1)67(53-40-42-65-59(44-53)57-26-12-16-30-63(57)69(65)47-20-6-2-7-21-47)49-32-34-50(35-33-49)68(51-36-38-52(39-37-51)71-61-28-14-10-24-55(61)56-25-11-15-29-62(56)71)54-41-43-66-60(45-54)58-27-13-17-31-64(58)70(66)48-22-8-3-9-23-48/h1-45H. The van der Waals surface area contributed by atoms with E-state index in [1.165, 1.54) is 65.4 Å². The van der Waals surface area contributed by atoms with Crippen molar-refractivity contribution < 1.29 is 0 Å². The van der Waals surface area contributed by atoms with E-state index >= 15 is 0 Å². The minimum absolute atomic E-state index is 1.05. The van der Waals surface area contributed by atoms with Crippen molar-refractivity contribution in [3.8, 4) is 17.1 Å². The number of hydrogen-bond donors (Lipinski definition) is 0. The molecule has 0 saturated heterocycles. The number of anilines is 6. The Labute approximate surface area is 411 Å². The van der Waals surface area contributed by atoms with E-state index in [0.29, 0.717) is 0 Å². The molecule has 3 heterocycles. The van der Waals surface area contributed by atoms with Crippen LogP contribution in [0.25, 0.3) is 82.5 Å². The normalized spacial score (nSPS) is 11.7. The van der Waals surface area contributed by atoms with Gasteiger partial charge in [0.1, 0.15) is 0 Å². The summed E-state index contributed by atoms with van der Waals surface area (Å²) in [5, 5.41) is 7.34. The second-order valence-electron chi connectivity index (χ2n) is 18.2. The van der Waals surface area contributed by atoms with Crippen LogP contribution >= 0.6 is 0 Å². The minimum Gasteiger partial charge on any atom is -0.310 e. The molecule has 3 aromatic heterocycles. The molecule has 71 heavy (non-hydrogen) atoms. The number of rotatable bonds is 9. The smallest absolute Gasteiger partial charge is 0.0542 e. The molecule has 11 aromatic carbocycles. The predicted octanol–water partition coefficient (Wildman–Crippen LogP) is 17.9. The molecule has 0 aliphatic heterocycles. The van der Waals surface area contributed by atoms with Gasteiger partial charge in [-0.2, -0.15) is 0 Å². The van der Waals surface area contributed by atoms with E-state index in [-0.39, 0.29) is 0 Å². The van der Waals surface area contributed by atoms with Crippen molar-refractivity contribution in [3.63, 3.8) is 0 Å². The molecule has 0 aliphatic carbocycles. The van der Waals surface area contributed by atoms with Crippen molar-refractivity contribution in [3.05, 3.63) is 273 Å². The molecule has 0 radical (unpaired) electrons. The van der Waals surface area contributed by atoms with E-state index in [1.54, 1.807) is 0 Å². The summed E-state index contributed by atoms with van der Waals surface area (Å²) < 4.78 is 7.13. The van der Waals surface area contributed by atoms with Gasteiger partial charge in [0.15, 0.2) is 0 Å². The first kappa shape index (κ1) is 40.5. The van der Waals surface area contributed by atoms with Crippen LogP contribution < -0.4 is 9.80 Å². The summed E-state index contributed by atoms with van der Waals surface area (Å²) in [7, 11) is 0.